The number of benzene rings is 1. The number of rotatable bonds is 6. The number of fused-ring (bicyclic) bond motifs is 1. The van der Waals surface area contributed by atoms with E-state index < -0.39 is 17.9 Å². The average Bonchev–Trinajstić information content (AvgIpc) is 2.60. The Morgan fingerprint density at radius 2 is 1.73 bits per heavy atom. The molecule has 0 aliphatic carbocycles. The summed E-state index contributed by atoms with van der Waals surface area (Å²) >= 11 is 0. The number of carbonyl (C=O) groups excluding carboxylic acids is 2. The fourth-order valence-electron chi connectivity index (χ4n) is 2.94. The predicted molar refractivity (Wildman–Crippen MR) is 101 cm³/mol. The molecule has 0 bridgehead atoms. The van der Waals surface area contributed by atoms with E-state index in [0.717, 1.165) is 0 Å². The van der Waals surface area contributed by atoms with Gasteiger partial charge in [-0.1, -0.05) is 32.0 Å². The molecule has 1 unspecified atom stereocenters. The molecule has 6 heteroatoms. The Morgan fingerprint density at radius 1 is 1.12 bits per heavy atom. The Morgan fingerprint density at radius 3 is 2.27 bits per heavy atom. The molecule has 0 radical (unpaired) electrons. The first kappa shape index (κ1) is 19.7. The third-order valence-electron chi connectivity index (χ3n) is 4.25. The lowest BCUT2D eigenvalue weighted by molar-refractivity contribution is -0.143. The van der Waals surface area contributed by atoms with Gasteiger partial charge in [0.1, 0.15) is 6.04 Å². The Kier molecular flexibility index (Phi) is 6.18. The number of carbonyl (C=O) groups is 2. The molecule has 1 aromatic heterocycles. The van der Waals surface area contributed by atoms with E-state index in [1.165, 1.54) is 11.7 Å². The van der Waals surface area contributed by atoms with E-state index in [0.29, 0.717) is 22.8 Å². The predicted octanol–water partition coefficient (Wildman–Crippen LogP) is 2.90. The summed E-state index contributed by atoms with van der Waals surface area (Å²) in [6.45, 7) is 7.70. The number of ether oxygens (including phenoxy) is 1. The van der Waals surface area contributed by atoms with Gasteiger partial charge in [0.15, 0.2) is 0 Å². The summed E-state index contributed by atoms with van der Waals surface area (Å²) in [5.74, 6) is -0.666. The van der Waals surface area contributed by atoms with Gasteiger partial charge in [-0.3, -0.25) is 9.59 Å². The number of nitrogens with one attached hydrogen (secondary N) is 1. The van der Waals surface area contributed by atoms with Gasteiger partial charge >= 0.3 is 5.97 Å². The van der Waals surface area contributed by atoms with Crippen molar-refractivity contribution in [2.45, 2.75) is 46.2 Å². The minimum absolute atomic E-state index is 0.0919. The summed E-state index contributed by atoms with van der Waals surface area (Å²) in [6.07, 6.45) is 2.04. The van der Waals surface area contributed by atoms with Gasteiger partial charge in [-0.15, -0.1) is 0 Å². The molecule has 2 aromatic rings. The maximum atomic E-state index is 12.9. The third kappa shape index (κ3) is 4.12. The van der Waals surface area contributed by atoms with Crippen LogP contribution in [0.4, 0.5) is 0 Å². The SMILES string of the molecule is COC(=O)C(CC(C)C)NC(=O)c1cn(C(C)C)c(=O)c2ccccc12. The van der Waals surface area contributed by atoms with Crippen LogP contribution in [-0.4, -0.2) is 29.6 Å². The highest BCUT2D eigenvalue weighted by atomic mass is 16.5. The number of amides is 1. The van der Waals surface area contributed by atoms with Crippen molar-refractivity contribution in [1.29, 1.82) is 0 Å². The zero-order valence-corrected chi connectivity index (χ0v) is 15.9. The highest BCUT2D eigenvalue weighted by Gasteiger charge is 2.25. The topological polar surface area (TPSA) is 77.4 Å². The van der Waals surface area contributed by atoms with Crippen LogP contribution in [0.3, 0.4) is 0 Å². The van der Waals surface area contributed by atoms with E-state index in [4.69, 9.17) is 4.74 Å². The summed E-state index contributed by atoms with van der Waals surface area (Å²) in [4.78, 5) is 37.6. The molecule has 0 fully saturated rings. The van der Waals surface area contributed by atoms with Crippen LogP contribution in [0.15, 0.2) is 35.3 Å². The van der Waals surface area contributed by atoms with Gasteiger partial charge in [0, 0.05) is 23.0 Å². The number of pyridine rings is 1. The van der Waals surface area contributed by atoms with Crippen molar-refractivity contribution in [2.24, 2.45) is 5.92 Å². The number of aromatic nitrogens is 1. The molecule has 0 spiro atoms. The number of hydrogen-bond donors (Lipinski definition) is 1. The first-order valence-electron chi connectivity index (χ1n) is 8.78. The van der Waals surface area contributed by atoms with Crippen LogP contribution in [0.2, 0.25) is 0 Å². The largest absolute Gasteiger partial charge is 0.467 e. The van der Waals surface area contributed by atoms with Gasteiger partial charge in [0.25, 0.3) is 11.5 Å². The van der Waals surface area contributed by atoms with Crippen molar-refractivity contribution in [3.63, 3.8) is 0 Å². The first-order chi connectivity index (χ1) is 12.3. The molecule has 0 saturated carbocycles. The smallest absolute Gasteiger partial charge is 0.328 e. The third-order valence-corrected chi connectivity index (χ3v) is 4.25. The number of nitrogens with zero attached hydrogens (tertiary/aromatic N) is 1. The van der Waals surface area contributed by atoms with Crippen LogP contribution in [0.5, 0.6) is 0 Å². The van der Waals surface area contributed by atoms with Crippen molar-refractivity contribution >= 4 is 22.6 Å². The fraction of sp³-hybridized carbons (Fsp3) is 0.450. The molecule has 1 N–H and O–H groups in total. The molecule has 0 saturated heterocycles. The van der Waals surface area contributed by atoms with Gasteiger partial charge < -0.3 is 14.6 Å². The summed E-state index contributed by atoms with van der Waals surface area (Å²) in [7, 11) is 1.30. The number of hydrogen-bond acceptors (Lipinski definition) is 4. The second kappa shape index (κ2) is 8.17. The zero-order chi connectivity index (χ0) is 19.4. The lowest BCUT2D eigenvalue weighted by Crippen LogP contribution is -2.42. The van der Waals surface area contributed by atoms with Crippen molar-refractivity contribution in [3.05, 3.63) is 46.4 Å². The van der Waals surface area contributed by atoms with Crippen molar-refractivity contribution in [3.8, 4) is 0 Å². The molecule has 26 heavy (non-hydrogen) atoms. The van der Waals surface area contributed by atoms with Gasteiger partial charge in [-0.05, 0) is 32.3 Å². The monoisotopic (exact) mass is 358 g/mol. The minimum Gasteiger partial charge on any atom is -0.467 e. The van der Waals surface area contributed by atoms with Crippen LogP contribution >= 0.6 is 0 Å². The van der Waals surface area contributed by atoms with Crippen LogP contribution in [0.1, 0.15) is 50.5 Å². The van der Waals surface area contributed by atoms with Crippen molar-refractivity contribution < 1.29 is 14.3 Å². The molecule has 6 nitrogen and oxygen atoms in total. The molecule has 1 heterocycles. The molecule has 0 aliphatic heterocycles. The number of methoxy groups -OCH3 is 1. The van der Waals surface area contributed by atoms with E-state index in [1.54, 1.807) is 30.5 Å². The van der Waals surface area contributed by atoms with E-state index in [1.807, 2.05) is 27.7 Å². The second-order valence-electron chi connectivity index (χ2n) is 7.07. The quantitative estimate of drug-likeness (QED) is 0.806. The van der Waals surface area contributed by atoms with Gasteiger partial charge in [0.05, 0.1) is 12.7 Å². The highest BCUT2D eigenvalue weighted by Crippen LogP contribution is 2.18. The maximum absolute atomic E-state index is 12.9. The van der Waals surface area contributed by atoms with Crippen LogP contribution in [0.25, 0.3) is 10.8 Å². The highest BCUT2D eigenvalue weighted by molar-refractivity contribution is 6.07. The standard InChI is InChI=1S/C20H26N2O4/c1-12(2)10-17(20(25)26-5)21-18(23)16-11-22(13(3)4)19(24)15-9-7-6-8-14(15)16/h6-9,11-13,17H,10H2,1-5H3,(H,21,23). The van der Waals surface area contributed by atoms with Gasteiger partial charge in [0.2, 0.25) is 0 Å². The van der Waals surface area contributed by atoms with Gasteiger partial charge in [-0.2, -0.15) is 0 Å². The van der Waals surface area contributed by atoms with E-state index >= 15 is 0 Å². The molecule has 1 atom stereocenters. The summed E-state index contributed by atoms with van der Waals surface area (Å²) in [6, 6.07) is 6.18. The lowest BCUT2D eigenvalue weighted by Gasteiger charge is -2.20. The lowest BCUT2D eigenvalue weighted by atomic mass is 10.0. The number of esters is 1. The van der Waals surface area contributed by atoms with E-state index in [-0.39, 0.29) is 17.5 Å². The summed E-state index contributed by atoms with van der Waals surface area (Å²) in [5.41, 5.74) is 0.227. The van der Waals surface area contributed by atoms with Crippen molar-refractivity contribution in [2.75, 3.05) is 7.11 Å². The molecule has 1 aromatic carbocycles. The van der Waals surface area contributed by atoms with Crippen molar-refractivity contribution in [1.82, 2.24) is 9.88 Å². The maximum Gasteiger partial charge on any atom is 0.328 e. The Bertz CT molecular complexity index is 868. The molecule has 1 amide bonds. The van der Waals surface area contributed by atoms with E-state index in [9.17, 15) is 14.4 Å². The van der Waals surface area contributed by atoms with Gasteiger partial charge in [-0.25, -0.2) is 4.79 Å². The second-order valence-corrected chi connectivity index (χ2v) is 7.07. The Labute approximate surface area is 153 Å². The fourth-order valence-corrected chi connectivity index (χ4v) is 2.94. The molecular formula is C20H26N2O4. The average molecular weight is 358 g/mol. The van der Waals surface area contributed by atoms with E-state index in [2.05, 4.69) is 5.32 Å². The zero-order valence-electron chi connectivity index (χ0n) is 15.9. The summed E-state index contributed by atoms with van der Waals surface area (Å²) < 4.78 is 6.34. The van der Waals surface area contributed by atoms with Crippen LogP contribution in [0, 0.1) is 5.92 Å². The molecule has 2 rings (SSSR count). The molecular weight excluding hydrogens is 332 g/mol. The first-order valence-corrected chi connectivity index (χ1v) is 8.78. The molecule has 0 aliphatic rings. The Hall–Kier alpha value is -2.63. The van der Waals surface area contributed by atoms with Crippen LogP contribution < -0.4 is 10.9 Å². The van der Waals surface area contributed by atoms with Crippen LogP contribution in [-0.2, 0) is 9.53 Å². The minimum atomic E-state index is -0.731. The Balaban J connectivity index is 2.51. The molecule has 140 valence electrons. The normalized spacial score (nSPS) is 12.4. The summed E-state index contributed by atoms with van der Waals surface area (Å²) in [5, 5.41) is 3.81.